The number of pyridine rings is 1. The first-order chi connectivity index (χ1) is 8.54. The molecule has 18 heavy (non-hydrogen) atoms. The predicted molar refractivity (Wildman–Crippen MR) is 73.7 cm³/mol. The number of rotatable bonds is 3. The maximum absolute atomic E-state index is 12.5. The Balaban J connectivity index is 2.25. The molecule has 0 amide bonds. The van der Waals surface area contributed by atoms with Gasteiger partial charge in [0.05, 0.1) is 0 Å². The van der Waals surface area contributed by atoms with Crippen molar-refractivity contribution in [2.45, 2.75) is 31.1 Å². The van der Waals surface area contributed by atoms with Crippen LogP contribution >= 0.6 is 15.9 Å². The standard InChI is InChI=1S/C12H17BrN2O2S/c1-2-10-4-3-5-15(9-10)18(16,17)12-6-11(13)7-14-8-12/h6-8,10H,2-5,9H2,1H3/t10-/m0/s1. The monoisotopic (exact) mass is 332 g/mol. The molecule has 1 aliphatic rings. The third kappa shape index (κ3) is 2.92. The zero-order chi connectivity index (χ0) is 13.2. The number of piperidine rings is 1. The van der Waals surface area contributed by atoms with E-state index in [4.69, 9.17) is 0 Å². The molecule has 2 heterocycles. The molecule has 0 N–H and O–H groups in total. The van der Waals surface area contributed by atoms with E-state index < -0.39 is 10.0 Å². The van der Waals surface area contributed by atoms with Gasteiger partial charge in [-0.1, -0.05) is 13.3 Å². The number of halogens is 1. The van der Waals surface area contributed by atoms with Crippen molar-refractivity contribution in [2.24, 2.45) is 5.92 Å². The summed E-state index contributed by atoms with van der Waals surface area (Å²) in [5.74, 6) is 0.480. The summed E-state index contributed by atoms with van der Waals surface area (Å²) in [6, 6.07) is 1.61. The van der Waals surface area contributed by atoms with Crippen molar-refractivity contribution in [3.8, 4) is 0 Å². The Morgan fingerprint density at radius 1 is 1.50 bits per heavy atom. The number of hydrogen-bond acceptors (Lipinski definition) is 3. The lowest BCUT2D eigenvalue weighted by atomic mass is 9.97. The van der Waals surface area contributed by atoms with E-state index in [1.54, 1.807) is 16.6 Å². The highest BCUT2D eigenvalue weighted by molar-refractivity contribution is 9.10. The highest BCUT2D eigenvalue weighted by Gasteiger charge is 2.29. The average Bonchev–Trinajstić information content (AvgIpc) is 2.39. The molecule has 1 aromatic heterocycles. The van der Waals surface area contributed by atoms with E-state index >= 15 is 0 Å². The molecule has 0 aromatic carbocycles. The van der Waals surface area contributed by atoms with E-state index in [-0.39, 0.29) is 4.90 Å². The molecule has 1 fully saturated rings. The van der Waals surface area contributed by atoms with Gasteiger partial charge in [-0.15, -0.1) is 0 Å². The molecule has 4 nitrogen and oxygen atoms in total. The molecule has 0 unspecified atom stereocenters. The van der Waals surface area contributed by atoms with Crippen LogP contribution in [0.3, 0.4) is 0 Å². The summed E-state index contributed by atoms with van der Waals surface area (Å²) in [5.41, 5.74) is 0. The summed E-state index contributed by atoms with van der Waals surface area (Å²) >= 11 is 3.26. The molecule has 1 saturated heterocycles. The van der Waals surface area contributed by atoms with Crippen molar-refractivity contribution in [3.05, 3.63) is 22.9 Å². The Morgan fingerprint density at radius 2 is 2.28 bits per heavy atom. The summed E-state index contributed by atoms with van der Waals surface area (Å²) < 4.78 is 27.2. The van der Waals surface area contributed by atoms with Crippen molar-refractivity contribution < 1.29 is 8.42 Å². The fraction of sp³-hybridized carbons (Fsp3) is 0.583. The van der Waals surface area contributed by atoms with Gasteiger partial charge in [-0.2, -0.15) is 4.31 Å². The van der Waals surface area contributed by atoms with Gasteiger partial charge in [0.15, 0.2) is 0 Å². The first kappa shape index (κ1) is 14.0. The van der Waals surface area contributed by atoms with E-state index in [0.717, 1.165) is 19.3 Å². The third-order valence-corrected chi connectivity index (χ3v) is 5.64. The van der Waals surface area contributed by atoms with Crippen LogP contribution in [0.25, 0.3) is 0 Å². The lowest BCUT2D eigenvalue weighted by Gasteiger charge is -2.31. The molecule has 0 spiro atoms. The van der Waals surface area contributed by atoms with Crippen LogP contribution in [0.4, 0.5) is 0 Å². The van der Waals surface area contributed by atoms with Gasteiger partial charge in [-0.05, 0) is 40.8 Å². The number of nitrogens with zero attached hydrogens (tertiary/aromatic N) is 2. The SMILES string of the molecule is CC[C@H]1CCCN(S(=O)(=O)c2cncc(Br)c2)C1. The fourth-order valence-corrected chi connectivity index (χ4v) is 4.32. The molecule has 6 heteroatoms. The van der Waals surface area contributed by atoms with E-state index in [9.17, 15) is 8.42 Å². The van der Waals surface area contributed by atoms with Crippen molar-refractivity contribution in [2.75, 3.05) is 13.1 Å². The maximum Gasteiger partial charge on any atom is 0.244 e. The first-order valence-corrected chi connectivity index (χ1v) is 8.38. The zero-order valence-electron chi connectivity index (χ0n) is 10.3. The van der Waals surface area contributed by atoms with Crippen LogP contribution in [0.2, 0.25) is 0 Å². The van der Waals surface area contributed by atoms with E-state index in [2.05, 4.69) is 27.8 Å². The first-order valence-electron chi connectivity index (χ1n) is 6.14. The molecule has 0 bridgehead atoms. The second-order valence-electron chi connectivity index (χ2n) is 4.62. The molecule has 1 aliphatic heterocycles. The fourth-order valence-electron chi connectivity index (χ4n) is 2.26. The van der Waals surface area contributed by atoms with Crippen LogP contribution in [0.1, 0.15) is 26.2 Å². The molecule has 100 valence electrons. The van der Waals surface area contributed by atoms with Gasteiger partial charge >= 0.3 is 0 Å². The number of aromatic nitrogens is 1. The van der Waals surface area contributed by atoms with Gasteiger partial charge in [0.2, 0.25) is 10.0 Å². The van der Waals surface area contributed by atoms with E-state index in [1.807, 2.05) is 0 Å². The Hall–Kier alpha value is -0.460. The number of sulfonamides is 1. The minimum atomic E-state index is -3.39. The van der Waals surface area contributed by atoms with Crippen LogP contribution in [-0.2, 0) is 10.0 Å². The molecular weight excluding hydrogens is 316 g/mol. The van der Waals surface area contributed by atoms with Gasteiger partial charge in [0, 0.05) is 30.0 Å². The van der Waals surface area contributed by atoms with Gasteiger partial charge < -0.3 is 0 Å². The van der Waals surface area contributed by atoms with Crippen LogP contribution in [-0.4, -0.2) is 30.8 Å². The maximum atomic E-state index is 12.5. The van der Waals surface area contributed by atoms with Crippen LogP contribution < -0.4 is 0 Å². The largest absolute Gasteiger partial charge is 0.262 e. The van der Waals surface area contributed by atoms with E-state index in [0.29, 0.717) is 23.5 Å². The zero-order valence-corrected chi connectivity index (χ0v) is 12.7. The molecule has 0 saturated carbocycles. The Kier molecular flexibility index (Phi) is 4.40. The van der Waals surface area contributed by atoms with E-state index in [1.165, 1.54) is 6.20 Å². The lowest BCUT2D eigenvalue weighted by Crippen LogP contribution is -2.39. The smallest absolute Gasteiger partial charge is 0.244 e. The summed E-state index contributed by atoms with van der Waals surface area (Å²) in [5, 5.41) is 0. The molecule has 0 aliphatic carbocycles. The Morgan fingerprint density at radius 3 is 2.94 bits per heavy atom. The third-order valence-electron chi connectivity index (χ3n) is 3.38. The Labute approximate surface area is 117 Å². The summed E-state index contributed by atoms with van der Waals surface area (Å²) in [6.45, 7) is 3.36. The molecule has 0 radical (unpaired) electrons. The van der Waals surface area contributed by atoms with Gasteiger partial charge in [-0.3, -0.25) is 4.98 Å². The molecule has 1 atom stereocenters. The van der Waals surface area contributed by atoms with Crippen molar-refractivity contribution in [1.29, 1.82) is 0 Å². The minimum Gasteiger partial charge on any atom is -0.262 e. The van der Waals surface area contributed by atoms with Crippen molar-refractivity contribution in [1.82, 2.24) is 9.29 Å². The van der Waals surface area contributed by atoms with Crippen LogP contribution in [0.5, 0.6) is 0 Å². The number of hydrogen-bond donors (Lipinski definition) is 0. The normalized spacial score (nSPS) is 22.0. The average molecular weight is 333 g/mol. The topological polar surface area (TPSA) is 50.3 Å². The molecule has 1 aromatic rings. The Bertz CT molecular complexity index is 519. The minimum absolute atomic E-state index is 0.272. The quantitative estimate of drug-likeness (QED) is 0.854. The highest BCUT2D eigenvalue weighted by Crippen LogP contribution is 2.25. The lowest BCUT2D eigenvalue weighted by molar-refractivity contribution is 0.261. The van der Waals surface area contributed by atoms with Crippen molar-refractivity contribution >= 4 is 26.0 Å². The summed E-state index contributed by atoms with van der Waals surface area (Å²) in [6.07, 6.45) is 6.10. The predicted octanol–water partition coefficient (Wildman–Crippen LogP) is 2.65. The summed E-state index contributed by atoms with van der Waals surface area (Å²) in [4.78, 5) is 4.20. The van der Waals surface area contributed by atoms with Crippen LogP contribution in [0.15, 0.2) is 27.8 Å². The second kappa shape index (κ2) is 5.67. The van der Waals surface area contributed by atoms with Gasteiger partial charge in [0.1, 0.15) is 4.90 Å². The second-order valence-corrected chi connectivity index (χ2v) is 7.47. The van der Waals surface area contributed by atoms with Crippen molar-refractivity contribution in [3.63, 3.8) is 0 Å². The molecule has 2 rings (SSSR count). The molecular formula is C12H17BrN2O2S. The highest BCUT2D eigenvalue weighted by atomic mass is 79.9. The van der Waals surface area contributed by atoms with Gasteiger partial charge in [0.25, 0.3) is 0 Å². The summed E-state index contributed by atoms with van der Waals surface area (Å²) in [7, 11) is -3.39. The van der Waals surface area contributed by atoms with Gasteiger partial charge in [-0.25, -0.2) is 8.42 Å². The van der Waals surface area contributed by atoms with Crippen LogP contribution in [0, 0.1) is 5.92 Å².